The first-order valence-corrected chi connectivity index (χ1v) is 10.6. The molecule has 2 aliphatic rings. The topological polar surface area (TPSA) is 69.7 Å². The maximum absolute atomic E-state index is 12.9. The van der Waals surface area contributed by atoms with E-state index in [0.29, 0.717) is 12.2 Å². The largest absolute Gasteiger partial charge is 0.373 e. The number of fused-ring (bicyclic) bond motifs is 1. The molecule has 0 saturated carbocycles. The number of carbonyl (C=O) groups excluding carboxylic acids is 3. The summed E-state index contributed by atoms with van der Waals surface area (Å²) in [5.74, 6) is -0.391. The summed E-state index contributed by atoms with van der Waals surface area (Å²) >= 11 is 0. The molecule has 4 rings (SSSR count). The van der Waals surface area contributed by atoms with Crippen LogP contribution in [0.25, 0.3) is 0 Å². The molecule has 1 atom stereocenters. The number of anilines is 3. The SMILES string of the molecule is CCCCc1ccc(N2C(=O)CC(Nc3ccc4c(c3)CCN4C(C)=O)C2=O)cc1. The number of amides is 3. The van der Waals surface area contributed by atoms with E-state index in [2.05, 4.69) is 12.2 Å². The van der Waals surface area contributed by atoms with Crippen LogP contribution in [0.2, 0.25) is 0 Å². The Morgan fingerprint density at radius 1 is 1.13 bits per heavy atom. The first kappa shape index (κ1) is 20.1. The van der Waals surface area contributed by atoms with Crippen molar-refractivity contribution in [2.45, 2.75) is 52.0 Å². The van der Waals surface area contributed by atoms with Gasteiger partial charge in [0.15, 0.2) is 0 Å². The van der Waals surface area contributed by atoms with Crippen LogP contribution in [0.15, 0.2) is 42.5 Å². The van der Waals surface area contributed by atoms with Gasteiger partial charge in [0.05, 0.1) is 12.1 Å². The van der Waals surface area contributed by atoms with Crippen LogP contribution in [0.3, 0.4) is 0 Å². The summed E-state index contributed by atoms with van der Waals surface area (Å²) in [5.41, 5.74) is 4.63. The second kappa shape index (κ2) is 8.30. The lowest BCUT2D eigenvalue weighted by atomic mass is 10.1. The minimum atomic E-state index is -0.583. The van der Waals surface area contributed by atoms with Crippen molar-refractivity contribution in [1.29, 1.82) is 0 Å². The quantitative estimate of drug-likeness (QED) is 0.745. The molecule has 2 heterocycles. The Hall–Kier alpha value is -3.15. The summed E-state index contributed by atoms with van der Waals surface area (Å²) in [7, 11) is 0. The molecule has 1 fully saturated rings. The second-order valence-corrected chi connectivity index (χ2v) is 8.00. The van der Waals surface area contributed by atoms with Crippen molar-refractivity contribution in [3.8, 4) is 0 Å². The number of aryl methyl sites for hydroxylation is 1. The molecule has 2 aliphatic heterocycles. The molecule has 1 saturated heterocycles. The van der Waals surface area contributed by atoms with Gasteiger partial charge in [-0.1, -0.05) is 25.5 Å². The fraction of sp³-hybridized carbons (Fsp3) is 0.375. The van der Waals surface area contributed by atoms with Crippen LogP contribution in [-0.4, -0.2) is 30.3 Å². The van der Waals surface area contributed by atoms with E-state index in [1.807, 2.05) is 42.5 Å². The lowest BCUT2D eigenvalue weighted by Crippen LogP contribution is -2.34. The van der Waals surface area contributed by atoms with E-state index >= 15 is 0 Å². The molecule has 6 nitrogen and oxygen atoms in total. The molecule has 2 aromatic carbocycles. The fourth-order valence-corrected chi connectivity index (χ4v) is 4.23. The number of unbranched alkanes of at least 4 members (excludes halogenated alkanes) is 1. The van der Waals surface area contributed by atoms with Gasteiger partial charge in [0.1, 0.15) is 6.04 Å². The second-order valence-electron chi connectivity index (χ2n) is 8.00. The van der Waals surface area contributed by atoms with Crippen LogP contribution >= 0.6 is 0 Å². The third-order valence-corrected chi connectivity index (χ3v) is 5.86. The summed E-state index contributed by atoms with van der Waals surface area (Å²) < 4.78 is 0. The van der Waals surface area contributed by atoms with Gasteiger partial charge in [0.2, 0.25) is 11.8 Å². The summed E-state index contributed by atoms with van der Waals surface area (Å²) in [6, 6.07) is 12.9. The van der Waals surface area contributed by atoms with E-state index in [1.54, 1.807) is 11.8 Å². The summed E-state index contributed by atoms with van der Waals surface area (Å²) in [5, 5.41) is 3.22. The molecule has 0 radical (unpaired) electrons. The minimum Gasteiger partial charge on any atom is -0.373 e. The van der Waals surface area contributed by atoms with Gasteiger partial charge in [-0.25, -0.2) is 4.90 Å². The highest BCUT2D eigenvalue weighted by Gasteiger charge is 2.39. The smallest absolute Gasteiger partial charge is 0.256 e. The highest BCUT2D eigenvalue weighted by atomic mass is 16.2. The Balaban J connectivity index is 1.46. The number of nitrogens with zero attached hydrogens (tertiary/aromatic N) is 2. The first-order chi connectivity index (χ1) is 14.5. The van der Waals surface area contributed by atoms with E-state index in [9.17, 15) is 14.4 Å². The molecule has 0 bridgehead atoms. The summed E-state index contributed by atoms with van der Waals surface area (Å²) in [6.07, 6.45) is 4.18. The molecular weight excluding hydrogens is 378 g/mol. The maximum atomic E-state index is 12.9. The number of hydrogen-bond donors (Lipinski definition) is 1. The van der Waals surface area contributed by atoms with Gasteiger partial charge in [-0.2, -0.15) is 0 Å². The molecule has 3 amide bonds. The Morgan fingerprint density at radius 3 is 2.60 bits per heavy atom. The van der Waals surface area contributed by atoms with Gasteiger partial charge in [0, 0.05) is 24.8 Å². The van der Waals surface area contributed by atoms with Crippen LogP contribution in [0.4, 0.5) is 17.1 Å². The molecule has 156 valence electrons. The van der Waals surface area contributed by atoms with Gasteiger partial charge in [0.25, 0.3) is 5.91 Å². The zero-order valence-corrected chi connectivity index (χ0v) is 17.5. The molecule has 1 N–H and O–H groups in total. The molecule has 0 spiro atoms. The van der Waals surface area contributed by atoms with Crippen molar-refractivity contribution in [3.63, 3.8) is 0 Å². The van der Waals surface area contributed by atoms with E-state index in [0.717, 1.165) is 42.6 Å². The van der Waals surface area contributed by atoms with Gasteiger partial charge in [-0.3, -0.25) is 14.4 Å². The maximum Gasteiger partial charge on any atom is 0.256 e. The lowest BCUT2D eigenvalue weighted by Gasteiger charge is -2.18. The highest BCUT2D eigenvalue weighted by Crippen LogP contribution is 2.32. The lowest BCUT2D eigenvalue weighted by molar-refractivity contribution is -0.121. The molecule has 6 heteroatoms. The van der Waals surface area contributed by atoms with E-state index in [-0.39, 0.29) is 24.1 Å². The molecule has 0 aliphatic carbocycles. The monoisotopic (exact) mass is 405 g/mol. The van der Waals surface area contributed by atoms with Crippen molar-refractivity contribution >= 4 is 34.8 Å². The van der Waals surface area contributed by atoms with Crippen molar-refractivity contribution in [2.24, 2.45) is 0 Å². The Bertz CT molecular complexity index is 984. The van der Waals surface area contributed by atoms with E-state index < -0.39 is 6.04 Å². The van der Waals surface area contributed by atoms with Crippen molar-refractivity contribution < 1.29 is 14.4 Å². The van der Waals surface area contributed by atoms with Crippen LogP contribution < -0.4 is 15.1 Å². The molecule has 1 unspecified atom stereocenters. The van der Waals surface area contributed by atoms with Crippen molar-refractivity contribution in [2.75, 3.05) is 21.7 Å². The van der Waals surface area contributed by atoms with Crippen molar-refractivity contribution in [1.82, 2.24) is 0 Å². The summed E-state index contributed by atoms with van der Waals surface area (Å²) in [6.45, 7) is 4.40. The molecule has 0 aromatic heterocycles. The zero-order chi connectivity index (χ0) is 21.3. The van der Waals surface area contributed by atoms with Gasteiger partial charge in [-0.15, -0.1) is 0 Å². The minimum absolute atomic E-state index is 0.0300. The van der Waals surface area contributed by atoms with Crippen LogP contribution in [0, 0.1) is 0 Å². The van der Waals surface area contributed by atoms with E-state index in [4.69, 9.17) is 0 Å². The number of hydrogen-bond acceptors (Lipinski definition) is 4. The van der Waals surface area contributed by atoms with Gasteiger partial charge < -0.3 is 10.2 Å². The average molecular weight is 405 g/mol. The van der Waals surface area contributed by atoms with Crippen LogP contribution in [0.1, 0.15) is 44.2 Å². The summed E-state index contributed by atoms with van der Waals surface area (Å²) in [4.78, 5) is 40.3. The highest BCUT2D eigenvalue weighted by molar-refractivity contribution is 6.23. The van der Waals surface area contributed by atoms with Gasteiger partial charge >= 0.3 is 0 Å². The Morgan fingerprint density at radius 2 is 1.90 bits per heavy atom. The number of benzene rings is 2. The standard InChI is InChI=1S/C24H27N3O3/c1-3-4-5-17-6-9-20(10-7-17)27-23(29)15-21(24(27)30)25-19-8-11-22-18(14-19)12-13-26(22)16(2)28/h6-11,14,21,25H,3-5,12-13,15H2,1-2H3. The molecule has 30 heavy (non-hydrogen) atoms. The first-order valence-electron chi connectivity index (χ1n) is 10.6. The third-order valence-electron chi connectivity index (χ3n) is 5.86. The van der Waals surface area contributed by atoms with Crippen LogP contribution in [-0.2, 0) is 27.2 Å². The fourth-order valence-electron chi connectivity index (χ4n) is 4.23. The van der Waals surface area contributed by atoms with Gasteiger partial charge in [-0.05, 0) is 60.7 Å². The average Bonchev–Trinajstić information content (AvgIpc) is 3.27. The zero-order valence-electron chi connectivity index (χ0n) is 17.5. The Kier molecular flexibility index (Phi) is 5.57. The number of rotatable bonds is 6. The molecule has 2 aromatic rings. The number of imide groups is 1. The molecular formula is C24H27N3O3. The Labute approximate surface area is 176 Å². The third kappa shape index (κ3) is 3.82. The van der Waals surface area contributed by atoms with E-state index in [1.165, 1.54) is 10.5 Å². The predicted octanol–water partition coefficient (Wildman–Crippen LogP) is 3.68. The number of nitrogens with one attached hydrogen (secondary N) is 1. The van der Waals surface area contributed by atoms with Crippen molar-refractivity contribution in [3.05, 3.63) is 53.6 Å². The predicted molar refractivity (Wildman–Crippen MR) is 118 cm³/mol. The normalized spacial score (nSPS) is 18.1. The van der Waals surface area contributed by atoms with Crippen LogP contribution in [0.5, 0.6) is 0 Å². The number of carbonyl (C=O) groups is 3.